The summed E-state index contributed by atoms with van der Waals surface area (Å²) >= 11 is 5.79. The van der Waals surface area contributed by atoms with E-state index >= 15 is 0 Å². The molecular weight excluding hydrogens is 236 g/mol. The average molecular weight is 245 g/mol. The Labute approximate surface area is 104 Å². The molecule has 0 aliphatic heterocycles. The number of aromatic nitrogens is 1. The van der Waals surface area contributed by atoms with Gasteiger partial charge in [-0.05, 0) is 23.8 Å². The van der Waals surface area contributed by atoms with E-state index in [1.807, 2.05) is 30.3 Å². The molecule has 1 N–H and O–H groups in total. The van der Waals surface area contributed by atoms with Crippen LogP contribution in [0, 0.1) is 11.3 Å². The van der Waals surface area contributed by atoms with Gasteiger partial charge in [0, 0.05) is 17.1 Å². The Morgan fingerprint density at radius 1 is 1.29 bits per heavy atom. The van der Waals surface area contributed by atoms with Crippen molar-refractivity contribution in [3.8, 4) is 11.8 Å². The molecule has 0 atom stereocenters. The van der Waals surface area contributed by atoms with Crippen molar-refractivity contribution in [1.29, 1.82) is 5.26 Å². The summed E-state index contributed by atoms with van der Waals surface area (Å²) in [7, 11) is 0. The largest absolute Gasteiger partial charge is 0.505 e. The van der Waals surface area contributed by atoms with E-state index in [0.29, 0.717) is 11.4 Å². The molecule has 0 aliphatic rings. The Kier molecular flexibility index (Phi) is 3.27. The summed E-state index contributed by atoms with van der Waals surface area (Å²) in [6, 6.07) is 10.9. The number of aromatic hydroxyl groups is 1. The summed E-state index contributed by atoms with van der Waals surface area (Å²) in [5.41, 5.74) is 2.03. The van der Waals surface area contributed by atoms with Gasteiger partial charge in [0.25, 0.3) is 0 Å². The molecule has 0 fully saturated rings. The summed E-state index contributed by atoms with van der Waals surface area (Å²) in [5, 5.41) is 18.8. The van der Waals surface area contributed by atoms with Gasteiger partial charge >= 0.3 is 0 Å². The minimum Gasteiger partial charge on any atom is -0.505 e. The number of pyridine rings is 1. The van der Waals surface area contributed by atoms with Gasteiger partial charge in [0.2, 0.25) is 0 Å². The number of halogens is 1. The highest BCUT2D eigenvalue weighted by Crippen LogP contribution is 2.17. The highest BCUT2D eigenvalue weighted by atomic mass is 35.5. The van der Waals surface area contributed by atoms with Crippen molar-refractivity contribution in [1.82, 2.24) is 4.98 Å². The van der Waals surface area contributed by atoms with E-state index in [2.05, 4.69) is 4.98 Å². The Hall–Kier alpha value is -2.05. The van der Waals surface area contributed by atoms with E-state index in [9.17, 15) is 5.11 Å². The molecule has 2 rings (SSSR count). The second kappa shape index (κ2) is 4.86. The number of rotatable bonds is 2. The third kappa shape index (κ3) is 2.74. The van der Waals surface area contributed by atoms with Gasteiger partial charge in [-0.25, -0.2) is 0 Å². The highest BCUT2D eigenvalue weighted by Gasteiger charge is 2.04. The molecule has 0 spiro atoms. The quantitative estimate of drug-likeness (QED) is 0.884. The second-order valence-electron chi connectivity index (χ2n) is 3.61. The summed E-state index contributed by atoms with van der Waals surface area (Å²) in [6.07, 6.45) is 1.90. The first kappa shape index (κ1) is 11.4. The van der Waals surface area contributed by atoms with Gasteiger partial charge in [-0.15, -0.1) is 0 Å². The zero-order chi connectivity index (χ0) is 12.3. The normalized spacial score (nSPS) is 9.88. The van der Waals surface area contributed by atoms with E-state index in [4.69, 9.17) is 16.9 Å². The Bertz CT molecular complexity index is 573. The lowest BCUT2D eigenvalue weighted by Gasteiger charge is -2.03. The summed E-state index contributed by atoms with van der Waals surface area (Å²) in [5.74, 6) is -0.0904. The van der Waals surface area contributed by atoms with Gasteiger partial charge < -0.3 is 5.11 Å². The molecule has 0 aliphatic carbocycles. The van der Waals surface area contributed by atoms with Crippen LogP contribution in [0.25, 0.3) is 0 Å². The van der Waals surface area contributed by atoms with Crippen LogP contribution in [-0.4, -0.2) is 10.1 Å². The lowest BCUT2D eigenvalue weighted by molar-refractivity contribution is 0.470. The van der Waals surface area contributed by atoms with Gasteiger partial charge in [0.05, 0.1) is 11.8 Å². The predicted octanol–water partition coefficient (Wildman–Crippen LogP) is 2.90. The lowest BCUT2D eigenvalue weighted by Crippen LogP contribution is -1.93. The maximum atomic E-state index is 9.33. The van der Waals surface area contributed by atoms with Crippen LogP contribution in [0.4, 0.5) is 0 Å². The van der Waals surface area contributed by atoms with E-state index in [0.717, 1.165) is 11.3 Å². The fourth-order valence-corrected chi connectivity index (χ4v) is 1.62. The van der Waals surface area contributed by atoms with Crippen molar-refractivity contribution in [2.45, 2.75) is 6.42 Å². The van der Waals surface area contributed by atoms with E-state index in [-0.39, 0.29) is 11.3 Å². The van der Waals surface area contributed by atoms with Crippen LogP contribution >= 0.6 is 11.6 Å². The molecule has 4 heteroatoms. The zero-order valence-electron chi connectivity index (χ0n) is 8.89. The SMILES string of the molecule is N#Cc1cc(Cc2ccc(Cl)cc2)ncc1O. The Balaban J connectivity index is 2.25. The Morgan fingerprint density at radius 3 is 2.65 bits per heavy atom. The first-order valence-electron chi connectivity index (χ1n) is 5.01. The molecule has 2 aromatic rings. The van der Waals surface area contributed by atoms with Crippen LogP contribution in [0.3, 0.4) is 0 Å². The third-order valence-electron chi connectivity index (χ3n) is 2.36. The van der Waals surface area contributed by atoms with Crippen molar-refractivity contribution < 1.29 is 5.11 Å². The van der Waals surface area contributed by atoms with Gasteiger partial charge in [-0.1, -0.05) is 23.7 Å². The van der Waals surface area contributed by atoms with Crippen LogP contribution in [-0.2, 0) is 6.42 Å². The molecule has 0 saturated heterocycles. The molecule has 84 valence electrons. The van der Waals surface area contributed by atoms with Crippen molar-refractivity contribution in [2.24, 2.45) is 0 Å². The molecule has 0 unspecified atom stereocenters. The zero-order valence-corrected chi connectivity index (χ0v) is 9.65. The smallest absolute Gasteiger partial charge is 0.151 e. The van der Waals surface area contributed by atoms with Gasteiger partial charge in [-0.3, -0.25) is 4.98 Å². The van der Waals surface area contributed by atoms with Crippen LogP contribution < -0.4 is 0 Å². The maximum absolute atomic E-state index is 9.33. The van der Waals surface area contributed by atoms with Crippen molar-refractivity contribution >= 4 is 11.6 Å². The molecule has 0 saturated carbocycles. The molecule has 3 nitrogen and oxygen atoms in total. The number of benzene rings is 1. The van der Waals surface area contributed by atoms with Crippen molar-refractivity contribution in [2.75, 3.05) is 0 Å². The van der Waals surface area contributed by atoms with Crippen molar-refractivity contribution in [3.05, 3.63) is 58.4 Å². The van der Waals surface area contributed by atoms with E-state index < -0.39 is 0 Å². The van der Waals surface area contributed by atoms with E-state index in [1.165, 1.54) is 6.20 Å². The Morgan fingerprint density at radius 2 is 2.00 bits per heavy atom. The second-order valence-corrected chi connectivity index (χ2v) is 4.04. The topological polar surface area (TPSA) is 56.9 Å². The number of nitriles is 1. The van der Waals surface area contributed by atoms with Gasteiger partial charge in [0.1, 0.15) is 6.07 Å². The molecular formula is C13H9ClN2O. The first-order valence-corrected chi connectivity index (χ1v) is 5.39. The average Bonchev–Trinajstić information content (AvgIpc) is 2.34. The lowest BCUT2D eigenvalue weighted by atomic mass is 10.1. The van der Waals surface area contributed by atoms with Crippen LogP contribution in [0.2, 0.25) is 5.02 Å². The van der Waals surface area contributed by atoms with Gasteiger partial charge in [0.15, 0.2) is 5.75 Å². The van der Waals surface area contributed by atoms with Crippen molar-refractivity contribution in [3.63, 3.8) is 0 Å². The predicted molar refractivity (Wildman–Crippen MR) is 64.9 cm³/mol. The monoisotopic (exact) mass is 244 g/mol. The fourth-order valence-electron chi connectivity index (χ4n) is 1.49. The molecule has 1 heterocycles. The molecule has 0 bridgehead atoms. The third-order valence-corrected chi connectivity index (χ3v) is 2.61. The molecule has 1 aromatic carbocycles. The van der Waals surface area contributed by atoms with Gasteiger partial charge in [-0.2, -0.15) is 5.26 Å². The van der Waals surface area contributed by atoms with Crippen LogP contribution in [0.5, 0.6) is 5.75 Å². The molecule has 0 amide bonds. The molecule has 17 heavy (non-hydrogen) atoms. The van der Waals surface area contributed by atoms with E-state index in [1.54, 1.807) is 6.07 Å². The summed E-state index contributed by atoms with van der Waals surface area (Å²) in [6.45, 7) is 0. The molecule has 0 radical (unpaired) electrons. The summed E-state index contributed by atoms with van der Waals surface area (Å²) < 4.78 is 0. The minimum atomic E-state index is -0.0904. The fraction of sp³-hybridized carbons (Fsp3) is 0.0769. The highest BCUT2D eigenvalue weighted by molar-refractivity contribution is 6.30. The standard InChI is InChI=1S/C13H9ClN2O/c14-11-3-1-9(2-4-11)5-12-6-10(7-15)13(17)8-16-12/h1-4,6,8,17H,5H2. The maximum Gasteiger partial charge on any atom is 0.151 e. The summed E-state index contributed by atoms with van der Waals surface area (Å²) in [4.78, 5) is 4.07. The number of hydrogen-bond acceptors (Lipinski definition) is 3. The minimum absolute atomic E-state index is 0.0904. The van der Waals surface area contributed by atoms with Crippen LogP contribution in [0.15, 0.2) is 36.5 Å². The first-order chi connectivity index (χ1) is 8.19. The molecule has 1 aromatic heterocycles. The van der Waals surface area contributed by atoms with Crippen LogP contribution in [0.1, 0.15) is 16.8 Å². The number of hydrogen-bond donors (Lipinski definition) is 1. The number of nitrogens with zero attached hydrogens (tertiary/aromatic N) is 2.